The topological polar surface area (TPSA) is 65.3 Å². The van der Waals surface area contributed by atoms with E-state index in [1.165, 1.54) is 12.1 Å². The maximum Gasteiger partial charge on any atom is 0.295 e. The Labute approximate surface area is 120 Å². The van der Waals surface area contributed by atoms with Gasteiger partial charge in [-0.25, -0.2) is 4.98 Å². The predicted octanol–water partition coefficient (Wildman–Crippen LogP) is 3.85. The van der Waals surface area contributed by atoms with Crippen molar-refractivity contribution in [2.24, 2.45) is 0 Å². The maximum absolute atomic E-state index is 11.0. The minimum absolute atomic E-state index is 0.0646. The fraction of sp³-hybridized carbons (Fsp3) is 0.214. The number of pyridine rings is 1. The Bertz CT molecular complexity index is 654. The summed E-state index contributed by atoms with van der Waals surface area (Å²) >= 11 is 5.82. The van der Waals surface area contributed by atoms with Gasteiger partial charge in [0.1, 0.15) is 16.6 Å². The molecule has 1 heterocycles. The lowest BCUT2D eigenvalue weighted by Crippen LogP contribution is -1.97. The van der Waals surface area contributed by atoms with Gasteiger partial charge in [0.25, 0.3) is 5.69 Å². The lowest BCUT2D eigenvalue weighted by molar-refractivity contribution is -0.384. The van der Waals surface area contributed by atoms with Gasteiger partial charge in [-0.1, -0.05) is 11.6 Å². The second kappa shape index (κ2) is 5.09. The largest absolute Gasteiger partial charge is 0.490 e. The second-order valence-corrected chi connectivity index (χ2v) is 4.99. The summed E-state index contributed by atoms with van der Waals surface area (Å²) in [7, 11) is 0. The van der Waals surface area contributed by atoms with Crippen LogP contribution in [0.5, 0.6) is 5.75 Å². The normalized spacial score (nSPS) is 14.1. The molecule has 2 aromatic rings. The first-order chi connectivity index (χ1) is 9.63. The van der Waals surface area contributed by atoms with E-state index in [-0.39, 0.29) is 16.5 Å². The highest BCUT2D eigenvalue weighted by molar-refractivity contribution is 6.29. The van der Waals surface area contributed by atoms with Gasteiger partial charge in [0, 0.05) is 11.6 Å². The van der Waals surface area contributed by atoms with Crippen LogP contribution in [0.25, 0.3) is 11.3 Å². The lowest BCUT2D eigenvalue weighted by atomic mass is 10.1. The van der Waals surface area contributed by atoms with E-state index < -0.39 is 4.92 Å². The van der Waals surface area contributed by atoms with E-state index >= 15 is 0 Å². The smallest absolute Gasteiger partial charge is 0.295 e. The fourth-order valence-corrected chi connectivity index (χ4v) is 2.00. The third-order valence-electron chi connectivity index (χ3n) is 2.99. The molecule has 0 atom stereocenters. The summed E-state index contributed by atoms with van der Waals surface area (Å²) in [6.07, 6.45) is 2.49. The van der Waals surface area contributed by atoms with Crippen molar-refractivity contribution in [2.45, 2.75) is 18.9 Å². The second-order valence-electron chi connectivity index (χ2n) is 4.60. The molecule has 0 N–H and O–H groups in total. The molecule has 1 aliphatic rings. The Morgan fingerprint density at radius 3 is 2.50 bits per heavy atom. The average Bonchev–Trinajstić information content (AvgIpc) is 3.23. The maximum atomic E-state index is 11.0. The van der Waals surface area contributed by atoms with Gasteiger partial charge in [-0.2, -0.15) is 0 Å². The zero-order valence-corrected chi connectivity index (χ0v) is 11.2. The molecule has 0 saturated heterocycles. The van der Waals surface area contributed by atoms with Gasteiger partial charge in [-0.05, 0) is 43.2 Å². The Hall–Kier alpha value is -2.14. The first kappa shape index (κ1) is 12.9. The van der Waals surface area contributed by atoms with Gasteiger partial charge in [-0.15, -0.1) is 0 Å². The van der Waals surface area contributed by atoms with Crippen molar-refractivity contribution in [3.05, 3.63) is 51.7 Å². The molecule has 1 aromatic heterocycles. The van der Waals surface area contributed by atoms with E-state index in [1.807, 2.05) is 0 Å². The van der Waals surface area contributed by atoms with Crippen LogP contribution in [0.3, 0.4) is 0 Å². The van der Waals surface area contributed by atoms with Gasteiger partial charge >= 0.3 is 0 Å². The van der Waals surface area contributed by atoms with Crippen LogP contribution in [0.2, 0.25) is 5.15 Å². The van der Waals surface area contributed by atoms with Crippen molar-refractivity contribution >= 4 is 17.3 Å². The van der Waals surface area contributed by atoms with E-state index in [9.17, 15) is 10.1 Å². The highest BCUT2D eigenvalue weighted by atomic mass is 35.5. The van der Waals surface area contributed by atoms with Crippen LogP contribution in [-0.2, 0) is 0 Å². The molecule has 5 nitrogen and oxygen atoms in total. The van der Waals surface area contributed by atoms with E-state index in [4.69, 9.17) is 16.3 Å². The molecular formula is C14H11ClN2O3. The first-order valence-electron chi connectivity index (χ1n) is 6.21. The summed E-state index contributed by atoms with van der Waals surface area (Å²) < 4.78 is 5.64. The monoisotopic (exact) mass is 290 g/mol. The molecule has 0 amide bonds. The quantitative estimate of drug-likeness (QED) is 0.487. The number of halogens is 1. The van der Waals surface area contributed by atoms with Crippen molar-refractivity contribution in [3.8, 4) is 17.0 Å². The Balaban J connectivity index is 1.94. The number of hydrogen-bond acceptors (Lipinski definition) is 4. The van der Waals surface area contributed by atoms with Crippen LogP contribution >= 0.6 is 11.6 Å². The van der Waals surface area contributed by atoms with Crippen molar-refractivity contribution in [1.82, 2.24) is 4.98 Å². The molecule has 0 radical (unpaired) electrons. The molecule has 0 unspecified atom stereocenters. The van der Waals surface area contributed by atoms with Crippen LogP contribution in [0.4, 0.5) is 5.69 Å². The summed E-state index contributed by atoms with van der Waals surface area (Å²) in [5.41, 5.74) is 0.841. The summed E-state index contributed by atoms with van der Waals surface area (Å²) in [6.45, 7) is 0. The van der Waals surface area contributed by atoms with Gasteiger partial charge in [0.05, 0.1) is 11.0 Å². The van der Waals surface area contributed by atoms with Crippen molar-refractivity contribution in [2.75, 3.05) is 0 Å². The molecule has 0 aliphatic heterocycles. The Morgan fingerprint density at radius 1 is 1.20 bits per heavy atom. The molecule has 1 saturated carbocycles. The first-order valence-corrected chi connectivity index (χ1v) is 6.59. The highest BCUT2D eigenvalue weighted by Crippen LogP contribution is 2.32. The number of benzene rings is 1. The van der Waals surface area contributed by atoms with E-state index in [0.29, 0.717) is 11.7 Å². The van der Waals surface area contributed by atoms with Crippen LogP contribution in [-0.4, -0.2) is 16.0 Å². The number of ether oxygens (including phenoxy) is 1. The van der Waals surface area contributed by atoms with E-state index in [0.717, 1.165) is 18.6 Å². The van der Waals surface area contributed by atoms with Gasteiger partial charge < -0.3 is 4.74 Å². The van der Waals surface area contributed by atoms with Crippen LogP contribution in [0.15, 0.2) is 36.4 Å². The molecule has 1 aromatic carbocycles. The molecule has 0 bridgehead atoms. The molecule has 0 spiro atoms. The SMILES string of the molecule is O=[N+]([O-])c1ccc(Cl)nc1-c1ccc(OC2CC2)cc1. The third kappa shape index (κ3) is 2.72. The van der Waals surface area contributed by atoms with Gasteiger partial charge in [-0.3, -0.25) is 10.1 Å². The summed E-state index contributed by atoms with van der Waals surface area (Å²) in [5, 5.41) is 11.3. The average molecular weight is 291 g/mol. The van der Waals surface area contributed by atoms with Crippen LogP contribution < -0.4 is 4.74 Å². The molecule has 1 fully saturated rings. The minimum Gasteiger partial charge on any atom is -0.490 e. The number of nitrogens with zero attached hydrogens (tertiary/aromatic N) is 2. The minimum atomic E-state index is -0.465. The summed E-state index contributed by atoms with van der Waals surface area (Å²) in [4.78, 5) is 14.6. The fourth-order valence-electron chi connectivity index (χ4n) is 1.86. The van der Waals surface area contributed by atoms with Crippen molar-refractivity contribution < 1.29 is 9.66 Å². The van der Waals surface area contributed by atoms with Crippen molar-refractivity contribution in [3.63, 3.8) is 0 Å². The molecule has 102 valence electrons. The third-order valence-corrected chi connectivity index (χ3v) is 3.20. The van der Waals surface area contributed by atoms with E-state index in [1.54, 1.807) is 24.3 Å². The lowest BCUT2D eigenvalue weighted by Gasteiger charge is -2.06. The zero-order valence-electron chi connectivity index (χ0n) is 10.5. The summed E-state index contributed by atoms with van der Waals surface area (Å²) in [5.74, 6) is 0.765. The van der Waals surface area contributed by atoms with E-state index in [2.05, 4.69) is 4.98 Å². The molecule has 1 aliphatic carbocycles. The zero-order chi connectivity index (χ0) is 14.1. The van der Waals surface area contributed by atoms with Gasteiger partial charge in [0.15, 0.2) is 0 Å². The highest BCUT2D eigenvalue weighted by Gasteiger charge is 2.23. The number of nitro groups is 1. The molecule has 3 rings (SSSR count). The number of aromatic nitrogens is 1. The van der Waals surface area contributed by atoms with Gasteiger partial charge in [0.2, 0.25) is 0 Å². The summed E-state index contributed by atoms with van der Waals surface area (Å²) in [6, 6.07) is 9.86. The Morgan fingerprint density at radius 2 is 1.90 bits per heavy atom. The predicted molar refractivity (Wildman–Crippen MR) is 75.0 cm³/mol. The molecule has 6 heteroatoms. The molecular weight excluding hydrogens is 280 g/mol. The van der Waals surface area contributed by atoms with Crippen molar-refractivity contribution in [1.29, 1.82) is 0 Å². The number of hydrogen-bond donors (Lipinski definition) is 0. The van der Waals surface area contributed by atoms with Crippen LogP contribution in [0, 0.1) is 10.1 Å². The number of rotatable bonds is 4. The van der Waals surface area contributed by atoms with Crippen LogP contribution in [0.1, 0.15) is 12.8 Å². The Kier molecular flexibility index (Phi) is 3.28. The standard InChI is InChI=1S/C14H11ClN2O3/c15-13-8-7-12(17(18)19)14(16-13)9-1-3-10(4-2-9)20-11-5-6-11/h1-4,7-8,11H,5-6H2. The molecule has 20 heavy (non-hydrogen) atoms.